The van der Waals surface area contributed by atoms with E-state index in [1.165, 1.54) is 7.11 Å². The first-order valence-corrected chi connectivity index (χ1v) is 7.43. The molecule has 0 atom stereocenters. The zero-order valence-corrected chi connectivity index (χ0v) is 12.8. The minimum absolute atomic E-state index is 0.00684. The van der Waals surface area contributed by atoms with Crippen LogP contribution in [0.5, 0.6) is 0 Å². The van der Waals surface area contributed by atoms with Crippen LogP contribution in [0.2, 0.25) is 5.28 Å². The zero-order valence-electron chi connectivity index (χ0n) is 12.0. The van der Waals surface area contributed by atoms with Crippen LogP contribution < -0.4 is 0 Å². The second-order valence-electron chi connectivity index (χ2n) is 5.43. The molecule has 112 valence electrons. The number of aromatic nitrogens is 4. The first kappa shape index (κ1) is 14.3. The third kappa shape index (κ3) is 2.60. The van der Waals surface area contributed by atoms with Crippen molar-refractivity contribution in [1.29, 1.82) is 0 Å². The summed E-state index contributed by atoms with van der Waals surface area (Å²) >= 11 is 5.90. The van der Waals surface area contributed by atoms with Crippen molar-refractivity contribution in [1.82, 2.24) is 19.7 Å². The predicted molar refractivity (Wildman–Crippen MR) is 78.1 cm³/mol. The van der Waals surface area contributed by atoms with Crippen LogP contribution in [-0.2, 0) is 9.53 Å². The summed E-state index contributed by atoms with van der Waals surface area (Å²) in [5.41, 5.74) is 1.67. The SMILES string of the molecule is COC(=O)C1CCC(n2nc(C)c3cnc(Cl)nc32)CC1. The summed E-state index contributed by atoms with van der Waals surface area (Å²) in [6.45, 7) is 1.94. The maximum atomic E-state index is 11.6. The van der Waals surface area contributed by atoms with Crippen LogP contribution in [0.3, 0.4) is 0 Å². The fourth-order valence-corrected chi connectivity index (χ4v) is 3.15. The van der Waals surface area contributed by atoms with Gasteiger partial charge in [-0.15, -0.1) is 0 Å². The van der Waals surface area contributed by atoms with Crippen LogP contribution in [0.4, 0.5) is 0 Å². The molecule has 1 fully saturated rings. The first-order valence-electron chi connectivity index (χ1n) is 7.05. The number of nitrogens with zero attached hydrogens (tertiary/aromatic N) is 4. The van der Waals surface area contributed by atoms with Gasteiger partial charge < -0.3 is 4.74 Å². The molecule has 7 heteroatoms. The van der Waals surface area contributed by atoms with E-state index in [1.54, 1.807) is 6.20 Å². The Kier molecular flexibility index (Phi) is 3.80. The predicted octanol–water partition coefficient (Wildman–Crippen LogP) is 2.69. The van der Waals surface area contributed by atoms with E-state index in [-0.39, 0.29) is 23.2 Å². The minimum atomic E-state index is -0.111. The Morgan fingerprint density at radius 1 is 1.38 bits per heavy atom. The highest BCUT2D eigenvalue weighted by molar-refractivity contribution is 6.28. The average molecular weight is 309 g/mol. The van der Waals surface area contributed by atoms with Crippen LogP contribution in [-0.4, -0.2) is 32.8 Å². The molecule has 0 aromatic carbocycles. The molecule has 6 nitrogen and oxygen atoms in total. The molecule has 0 bridgehead atoms. The van der Waals surface area contributed by atoms with Crippen molar-refractivity contribution >= 4 is 28.6 Å². The van der Waals surface area contributed by atoms with Crippen LogP contribution in [0.25, 0.3) is 11.0 Å². The van der Waals surface area contributed by atoms with Crippen LogP contribution in [0.1, 0.15) is 37.4 Å². The molecule has 2 aromatic rings. The van der Waals surface area contributed by atoms with E-state index in [2.05, 4.69) is 15.1 Å². The van der Waals surface area contributed by atoms with Gasteiger partial charge in [-0.2, -0.15) is 10.1 Å². The van der Waals surface area contributed by atoms with Gasteiger partial charge >= 0.3 is 5.97 Å². The largest absolute Gasteiger partial charge is 0.469 e. The van der Waals surface area contributed by atoms with Gasteiger partial charge in [0.15, 0.2) is 5.65 Å². The molecule has 0 saturated heterocycles. The number of hydrogen-bond acceptors (Lipinski definition) is 5. The lowest BCUT2D eigenvalue weighted by Gasteiger charge is -2.27. The molecule has 2 aromatic heterocycles. The van der Waals surface area contributed by atoms with Crippen LogP contribution in [0, 0.1) is 12.8 Å². The van der Waals surface area contributed by atoms with Crippen molar-refractivity contribution in [2.75, 3.05) is 7.11 Å². The second kappa shape index (κ2) is 5.60. The Labute approximate surface area is 127 Å². The molecule has 0 unspecified atom stereocenters. The molecule has 0 radical (unpaired) electrons. The Hall–Kier alpha value is -1.69. The highest BCUT2D eigenvalue weighted by Crippen LogP contribution is 2.34. The Bertz CT molecular complexity index is 677. The van der Waals surface area contributed by atoms with Gasteiger partial charge in [0.05, 0.1) is 30.1 Å². The summed E-state index contributed by atoms with van der Waals surface area (Å²) in [6, 6.07) is 0.244. The van der Waals surface area contributed by atoms with Gasteiger partial charge in [0.1, 0.15) is 0 Å². The molecule has 21 heavy (non-hydrogen) atoms. The maximum Gasteiger partial charge on any atom is 0.308 e. The van der Waals surface area contributed by atoms with Gasteiger partial charge in [0.2, 0.25) is 5.28 Å². The number of ether oxygens (including phenoxy) is 1. The third-order valence-corrected chi connectivity index (χ3v) is 4.36. The molecule has 3 rings (SSSR count). The van der Waals surface area contributed by atoms with Crippen molar-refractivity contribution < 1.29 is 9.53 Å². The number of rotatable bonds is 2. The van der Waals surface area contributed by atoms with E-state index >= 15 is 0 Å². The van der Waals surface area contributed by atoms with Gasteiger partial charge in [-0.25, -0.2) is 9.67 Å². The summed E-state index contributed by atoms with van der Waals surface area (Å²) in [5, 5.41) is 5.74. The Morgan fingerprint density at radius 2 is 2.10 bits per heavy atom. The summed E-state index contributed by atoms with van der Waals surface area (Å²) in [5.74, 6) is -0.104. The molecule has 1 saturated carbocycles. The molecule has 0 amide bonds. The number of carbonyl (C=O) groups excluding carboxylic acids is 1. The van der Waals surface area contributed by atoms with Gasteiger partial charge in [-0.05, 0) is 44.2 Å². The lowest BCUT2D eigenvalue weighted by atomic mass is 9.86. The number of halogens is 1. The lowest BCUT2D eigenvalue weighted by molar-refractivity contribution is -0.146. The van der Waals surface area contributed by atoms with Gasteiger partial charge in [-0.3, -0.25) is 4.79 Å². The van der Waals surface area contributed by atoms with E-state index in [1.807, 2.05) is 11.6 Å². The normalized spacial score (nSPS) is 22.4. The Morgan fingerprint density at radius 3 is 2.76 bits per heavy atom. The first-order chi connectivity index (χ1) is 10.1. The summed E-state index contributed by atoms with van der Waals surface area (Å²) < 4.78 is 6.76. The zero-order chi connectivity index (χ0) is 15.0. The van der Waals surface area contributed by atoms with Crippen molar-refractivity contribution in [2.24, 2.45) is 5.92 Å². The number of methoxy groups -OCH3 is 1. The minimum Gasteiger partial charge on any atom is -0.469 e. The molecule has 2 heterocycles. The van der Waals surface area contributed by atoms with Gasteiger partial charge in [0.25, 0.3) is 0 Å². The van der Waals surface area contributed by atoms with E-state index in [0.29, 0.717) is 0 Å². The maximum absolute atomic E-state index is 11.6. The Balaban J connectivity index is 1.86. The fourth-order valence-electron chi connectivity index (χ4n) is 3.02. The van der Waals surface area contributed by atoms with Crippen molar-refractivity contribution in [3.8, 4) is 0 Å². The molecule has 1 aliphatic carbocycles. The standard InChI is InChI=1S/C14H17ClN4O2/c1-8-11-7-16-14(15)17-12(11)19(18-8)10-5-3-9(4-6-10)13(20)21-2/h7,9-10H,3-6H2,1-2H3. The monoisotopic (exact) mass is 308 g/mol. The molecule has 0 aliphatic heterocycles. The van der Waals surface area contributed by atoms with Crippen molar-refractivity contribution in [2.45, 2.75) is 38.6 Å². The van der Waals surface area contributed by atoms with E-state index in [4.69, 9.17) is 16.3 Å². The second-order valence-corrected chi connectivity index (χ2v) is 5.77. The highest BCUT2D eigenvalue weighted by atomic mass is 35.5. The van der Waals surface area contributed by atoms with Crippen LogP contribution >= 0.6 is 11.6 Å². The molecule has 0 N–H and O–H groups in total. The molecule has 0 spiro atoms. The van der Waals surface area contributed by atoms with Crippen molar-refractivity contribution in [3.05, 3.63) is 17.2 Å². The van der Waals surface area contributed by atoms with E-state index in [0.717, 1.165) is 42.4 Å². The summed E-state index contributed by atoms with van der Waals surface area (Å²) in [7, 11) is 1.44. The number of carbonyl (C=O) groups is 1. The summed E-state index contributed by atoms with van der Waals surface area (Å²) in [6.07, 6.45) is 5.12. The molecular weight excluding hydrogens is 292 g/mol. The summed E-state index contributed by atoms with van der Waals surface area (Å²) in [4.78, 5) is 19.9. The number of fused-ring (bicyclic) bond motifs is 1. The highest BCUT2D eigenvalue weighted by Gasteiger charge is 2.29. The quantitative estimate of drug-likeness (QED) is 0.630. The lowest BCUT2D eigenvalue weighted by Crippen LogP contribution is -2.25. The fraction of sp³-hybridized carbons (Fsp3) is 0.571. The van der Waals surface area contributed by atoms with E-state index < -0.39 is 0 Å². The van der Waals surface area contributed by atoms with E-state index in [9.17, 15) is 4.79 Å². The smallest absolute Gasteiger partial charge is 0.308 e. The van der Waals surface area contributed by atoms with Gasteiger partial charge in [-0.1, -0.05) is 0 Å². The number of hydrogen-bond donors (Lipinski definition) is 0. The molecular formula is C14H17ClN4O2. The van der Waals surface area contributed by atoms with Crippen LogP contribution in [0.15, 0.2) is 6.20 Å². The van der Waals surface area contributed by atoms with Gasteiger partial charge in [0, 0.05) is 6.20 Å². The molecule has 1 aliphatic rings. The topological polar surface area (TPSA) is 69.9 Å². The van der Waals surface area contributed by atoms with Crippen molar-refractivity contribution in [3.63, 3.8) is 0 Å². The third-order valence-electron chi connectivity index (χ3n) is 4.18. The number of esters is 1. The number of aryl methyl sites for hydroxylation is 1. The average Bonchev–Trinajstić information content (AvgIpc) is 2.83.